The molecular weight excluding hydrogens is 314 g/mol. The van der Waals surface area contributed by atoms with E-state index in [-0.39, 0.29) is 18.1 Å². The molecule has 25 heavy (non-hydrogen) atoms. The molecule has 3 unspecified atom stereocenters. The Morgan fingerprint density at radius 3 is 2.76 bits per heavy atom. The van der Waals surface area contributed by atoms with E-state index in [1.807, 2.05) is 18.2 Å². The van der Waals surface area contributed by atoms with E-state index >= 15 is 0 Å². The Morgan fingerprint density at radius 1 is 1.28 bits per heavy atom. The number of hydrogen-bond acceptors (Lipinski definition) is 4. The van der Waals surface area contributed by atoms with Gasteiger partial charge < -0.3 is 15.4 Å². The maximum atomic E-state index is 12.4. The van der Waals surface area contributed by atoms with Gasteiger partial charge in [0.1, 0.15) is 0 Å². The predicted octanol–water partition coefficient (Wildman–Crippen LogP) is 2.62. The number of hydrogen-bond donors (Lipinski definition) is 2. The first-order valence-corrected chi connectivity index (χ1v) is 9.56. The molecule has 5 nitrogen and oxygen atoms in total. The summed E-state index contributed by atoms with van der Waals surface area (Å²) in [7, 11) is 0. The van der Waals surface area contributed by atoms with Crippen LogP contribution in [0.15, 0.2) is 24.3 Å². The Balaban J connectivity index is 1.55. The fourth-order valence-corrected chi connectivity index (χ4v) is 3.94. The Bertz CT molecular complexity index is 562. The van der Waals surface area contributed by atoms with Crippen molar-refractivity contribution < 1.29 is 9.53 Å². The van der Waals surface area contributed by atoms with Crippen LogP contribution in [-0.4, -0.2) is 49.2 Å². The molecule has 2 aliphatic rings. The average molecular weight is 345 g/mol. The maximum absolute atomic E-state index is 12.4. The largest absolute Gasteiger partial charge is 0.373 e. The van der Waals surface area contributed by atoms with Gasteiger partial charge in [0.05, 0.1) is 12.2 Å². The summed E-state index contributed by atoms with van der Waals surface area (Å²) in [5.74, 6) is 0.778. The van der Waals surface area contributed by atoms with Crippen molar-refractivity contribution in [2.45, 2.75) is 51.9 Å². The van der Waals surface area contributed by atoms with Gasteiger partial charge in [0.15, 0.2) is 0 Å². The number of carbonyl (C=O) groups excluding carboxylic acids is 1. The first-order valence-electron chi connectivity index (χ1n) is 9.56. The number of amides is 1. The third-order valence-corrected chi connectivity index (χ3v) is 5.12. The molecular formula is C20H31N3O2. The van der Waals surface area contributed by atoms with E-state index in [1.54, 1.807) is 0 Å². The molecule has 3 atom stereocenters. The fourth-order valence-electron chi connectivity index (χ4n) is 3.94. The molecule has 0 saturated carbocycles. The molecule has 0 aromatic heterocycles. The second-order valence-corrected chi connectivity index (χ2v) is 7.55. The normalized spacial score (nSPS) is 27.4. The van der Waals surface area contributed by atoms with E-state index in [2.05, 4.69) is 35.4 Å². The van der Waals surface area contributed by atoms with Gasteiger partial charge in [-0.2, -0.15) is 0 Å². The summed E-state index contributed by atoms with van der Waals surface area (Å²) >= 11 is 0. The van der Waals surface area contributed by atoms with E-state index in [4.69, 9.17) is 4.74 Å². The van der Waals surface area contributed by atoms with Crippen LogP contribution in [-0.2, 0) is 16.1 Å². The van der Waals surface area contributed by atoms with Crippen molar-refractivity contribution in [2.24, 2.45) is 5.92 Å². The van der Waals surface area contributed by atoms with Crippen LogP contribution in [0.4, 0.5) is 5.69 Å². The average Bonchev–Trinajstić information content (AvgIpc) is 3.07. The smallest absolute Gasteiger partial charge is 0.224 e. The Labute approximate surface area is 151 Å². The zero-order valence-corrected chi connectivity index (χ0v) is 15.5. The number of morpholine rings is 1. The molecule has 2 heterocycles. The molecule has 1 amide bonds. The third-order valence-electron chi connectivity index (χ3n) is 5.12. The number of benzene rings is 1. The van der Waals surface area contributed by atoms with E-state index < -0.39 is 0 Å². The number of carbonyl (C=O) groups is 1. The maximum Gasteiger partial charge on any atom is 0.224 e. The first kappa shape index (κ1) is 18.4. The van der Waals surface area contributed by atoms with Crippen LogP contribution in [0.25, 0.3) is 0 Å². The second kappa shape index (κ2) is 8.79. The van der Waals surface area contributed by atoms with Gasteiger partial charge in [-0.05, 0) is 57.3 Å². The molecule has 0 bridgehead atoms. The van der Waals surface area contributed by atoms with Crippen LogP contribution in [0.5, 0.6) is 0 Å². The summed E-state index contributed by atoms with van der Waals surface area (Å²) in [5.41, 5.74) is 2.13. The van der Waals surface area contributed by atoms with Gasteiger partial charge in [0.25, 0.3) is 0 Å². The lowest BCUT2D eigenvalue weighted by Gasteiger charge is -2.35. The van der Waals surface area contributed by atoms with Crippen LogP contribution in [0.3, 0.4) is 0 Å². The van der Waals surface area contributed by atoms with Gasteiger partial charge in [-0.3, -0.25) is 9.69 Å². The van der Waals surface area contributed by atoms with Crippen molar-refractivity contribution in [2.75, 3.05) is 31.5 Å². The SMILES string of the molecule is CC1CN(Cc2ccccc2NC(=O)CCC2CCNC2)CC(C)O1. The molecule has 2 aliphatic heterocycles. The lowest BCUT2D eigenvalue weighted by Crippen LogP contribution is -2.44. The molecule has 1 aromatic carbocycles. The molecule has 5 heteroatoms. The molecule has 2 N–H and O–H groups in total. The van der Waals surface area contributed by atoms with Crippen molar-refractivity contribution in [3.05, 3.63) is 29.8 Å². The highest BCUT2D eigenvalue weighted by Gasteiger charge is 2.23. The van der Waals surface area contributed by atoms with Crippen LogP contribution < -0.4 is 10.6 Å². The minimum absolute atomic E-state index is 0.128. The van der Waals surface area contributed by atoms with E-state index in [0.717, 1.165) is 44.8 Å². The zero-order chi connectivity index (χ0) is 17.6. The number of para-hydroxylation sites is 1. The highest BCUT2D eigenvalue weighted by molar-refractivity contribution is 5.91. The lowest BCUT2D eigenvalue weighted by molar-refractivity contribution is -0.116. The highest BCUT2D eigenvalue weighted by atomic mass is 16.5. The van der Waals surface area contributed by atoms with Gasteiger partial charge in [-0.15, -0.1) is 0 Å². The molecule has 2 saturated heterocycles. The van der Waals surface area contributed by atoms with Crippen molar-refractivity contribution in [1.29, 1.82) is 0 Å². The minimum Gasteiger partial charge on any atom is -0.373 e. The fraction of sp³-hybridized carbons (Fsp3) is 0.650. The summed E-state index contributed by atoms with van der Waals surface area (Å²) < 4.78 is 5.81. The summed E-state index contributed by atoms with van der Waals surface area (Å²) in [4.78, 5) is 14.8. The second-order valence-electron chi connectivity index (χ2n) is 7.55. The van der Waals surface area contributed by atoms with E-state index in [1.165, 1.54) is 12.0 Å². The van der Waals surface area contributed by atoms with Crippen molar-refractivity contribution in [3.63, 3.8) is 0 Å². The van der Waals surface area contributed by atoms with Gasteiger partial charge in [0.2, 0.25) is 5.91 Å². The molecule has 1 aromatic rings. The molecule has 2 fully saturated rings. The number of nitrogens with zero attached hydrogens (tertiary/aromatic N) is 1. The Morgan fingerprint density at radius 2 is 2.04 bits per heavy atom. The summed E-state index contributed by atoms with van der Waals surface area (Å²) in [6.45, 7) is 9.09. The summed E-state index contributed by atoms with van der Waals surface area (Å²) in [5, 5.41) is 6.49. The van der Waals surface area contributed by atoms with Crippen molar-refractivity contribution in [1.82, 2.24) is 10.2 Å². The molecule has 0 radical (unpaired) electrons. The predicted molar refractivity (Wildman–Crippen MR) is 101 cm³/mol. The van der Waals surface area contributed by atoms with Gasteiger partial charge >= 0.3 is 0 Å². The van der Waals surface area contributed by atoms with E-state index in [0.29, 0.717) is 12.3 Å². The number of rotatable bonds is 6. The zero-order valence-electron chi connectivity index (χ0n) is 15.5. The van der Waals surface area contributed by atoms with Crippen LogP contribution in [0, 0.1) is 5.92 Å². The molecule has 0 spiro atoms. The molecule has 3 rings (SSSR count). The number of ether oxygens (including phenoxy) is 1. The van der Waals surface area contributed by atoms with Crippen LogP contribution in [0.2, 0.25) is 0 Å². The third kappa shape index (κ3) is 5.53. The number of nitrogens with one attached hydrogen (secondary N) is 2. The Kier molecular flexibility index (Phi) is 6.45. The Hall–Kier alpha value is -1.43. The summed E-state index contributed by atoms with van der Waals surface area (Å²) in [6.07, 6.45) is 3.28. The van der Waals surface area contributed by atoms with Gasteiger partial charge in [-0.1, -0.05) is 18.2 Å². The quantitative estimate of drug-likeness (QED) is 0.832. The molecule has 138 valence electrons. The van der Waals surface area contributed by atoms with Crippen LogP contribution in [0.1, 0.15) is 38.7 Å². The topological polar surface area (TPSA) is 53.6 Å². The first-order chi connectivity index (χ1) is 12.1. The van der Waals surface area contributed by atoms with Crippen LogP contribution >= 0.6 is 0 Å². The van der Waals surface area contributed by atoms with Gasteiger partial charge in [0, 0.05) is 31.7 Å². The molecule has 0 aliphatic carbocycles. The summed E-state index contributed by atoms with van der Waals surface area (Å²) in [6, 6.07) is 8.16. The number of anilines is 1. The minimum atomic E-state index is 0.128. The van der Waals surface area contributed by atoms with Gasteiger partial charge in [-0.25, -0.2) is 0 Å². The highest BCUT2D eigenvalue weighted by Crippen LogP contribution is 2.21. The monoisotopic (exact) mass is 345 g/mol. The van der Waals surface area contributed by atoms with Crippen molar-refractivity contribution in [3.8, 4) is 0 Å². The lowest BCUT2D eigenvalue weighted by atomic mass is 10.0. The standard InChI is InChI=1S/C20H31N3O2/c1-15-12-23(13-16(2)25-15)14-18-5-3-4-6-19(18)22-20(24)8-7-17-9-10-21-11-17/h3-6,15-17,21H,7-14H2,1-2H3,(H,22,24). The van der Waals surface area contributed by atoms with Crippen molar-refractivity contribution >= 4 is 11.6 Å². The van der Waals surface area contributed by atoms with E-state index in [9.17, 15) is 4.79 Å².